The highest BCUT2D eigenvalue weighted by molar-refractivity contribution is 5.84. The summed E-state index contributed by atoms with van der Waals surface area (Å²) in [5.74, 6) is 0.944. The average Bonchev–Trinajstić information content (AvgIpc) is 2.59. The molecule has 0 aliphatic carbocycles. The zero-order chi connectivity index (χ0) is 20.2. The van der Waals surface area contributed by atoms with Gasteiger partial charge in [0.2, 0.25) is 0 Å². The third kappa shape index (κ3) is 21.3. The molecule has 0 fully saturated rings. The lowest BCUT2D eigenvalue weighted by Gasteiger charge is -2.20. The standard InChI is InChI=1S/C20H42.C4H6O2/c1-5-7-9-10-11-12-13-14-15-16-18-20(19(3)4)17-8-6-2;1-3(2)4(5)6/h19-20H,5-18H2,1-4H3;1H2,2H3,(H,5,6). The highest BCUT2D eigenvalue weighted by Gasteiger charge is 2.11. The number of carboxylic acid groups (broad SMARTS) is 1. The maximum atomic E-state index is 9.60. The van der Waals surface area contributed by atoms with Gasteiger partial charge in [-0.25, -0.2) is 4.79 Å². The Morgan fingerprint density at radius 3 is 1.46 bits per heavy atom. The van der Waals surface area contributed by atoms with Crippen LogP contribution in [0.25, 0.3) is 0 Å². The topological polar surface area (TPSA) is 37.3 Å². The lowest BCUT2D eigenvalue weighted by atomic mass is 9.86. The predicted molar refractivity (Wildman–Crippen MR) is 117 cm³/mol. The first-order valence-electron chi connectivity index (χ1n) is 11.3. The fraction of sp³-hybridized carbons (Fsp3) is 0.875. The molecule has 0 amide bonds. The van der Waals surface area contributed by atoms with Crippen LogP contribution in [0.4, 0.5) is 0 Å². The summed E-state index contributed by atoms with van der Waals surface area (Å²) in [7, 11) is 0. The number of carboxylic acids is 1. The van der Waals surface area contributed by atoms with Crippen molar-refractivity contribution in [3.8, 4) is 0 Å². The quantitative estimate of drug-likeness (QED) is 0.219. The van der Waals surface area contributed by atoms with Crippen LogP contribution in [0.2, 0.25) is 0 Å². The van der Waals surface area contributed by atoms with E-state index in [2.05, 4.69) is 34.3 Å². The van der Waals surface area contributed by atoms with E-state index >= 15 is 0 Å². The molecule has 0 saturated heterocycles. The van der Waals surface area contributed by atoms with Gasteiger partial charge in [-0.05, 0) is 18.8 Å². The van der Waals surface area contributed by atoms with Gasteiger partial charge in [0.1, 0.15) is 0 Å². The Bertz CT molecular complexity index is 308. The summed E-state index contributed by atoms with van der Waals surface area (Å²) in [6, 6.07) is 0. The summed E-state index contributed by atoms with van der Waals surface area (Å²) in [6.45, 7) is 14.0. The molecule has 0 rings (SSSR count). The molecule has 0 aliphatic rings. The van der Waals surface area contributed by atoms with Crippen molar-refractivity contribution in [1.82, 2.24) is 0 Å². The van der Waals surface area contributed by atoms with Crippen LogP contribution in [0.3, 0.4) is 0 Å². The minimum Gasteiger partial charge on any atom is -0.478 e. The Morgan fingerprint density at radius 2 is 1.12 bits per heavy atom. The molecule has 0 bridgehead atoms. The molecule has 0 radical (unpaired) electrons. The molecule has 0 saturated carbocycles. The van der Waals surface area contributed by atoms with Crippen molar-refractivity contribution in [3.63, 3.8) is 0 Å². The van der Waals surface area contributed by atoms with Crippen molar-refractivity contribution in [2.24, 2.45) is 11.8 Å². The van der Waals surface area contributed by atoms with Gasteiger partial charge in [0.15, 0.2) is 0 Å². The normalized spacial score (nSPS) is 11.8. The van der Waals surface area contributed by atoms with E-state index in [0.29, 0.717) is 0 Å². The van der Waals surface area contributed by atoms with Crippen LogP contribution in [0, 0.1) is 11.8 Å². The van der Waals surface area contributed by atoms with E-state index in [1.54, 1.807) is 0 Å². The Kier molecular flexibility index (Phi) is 21.6. The fourth-order valence-electron chi connectivity index (χ4n) is 3.17. The largest absolute Gasteiger partial charge is 0.478 e. The second kappa shape index (κ2) is 20.5. The van der Waals surface area contributed by atoms with Crippen LogP contribution in [-0.4, -0.2) is 11.1 Å². The summed E-state index contributed by atoms with van der Waals surface area (Å²) >= 11 is 0. The third-order valence-corrected chi connectivity index (χ3v) is 5.16. The number of aliphatic carboxylic acids is 1. The SMILES string of the molecule is C=C(C)C(=O)O.CCCCCCCCCCCCC(CCCC)C(C)C. The van der Waals surface area contributed by atoms with Gasteiger partial charge < -0.3 is 5.11 Å². The molecule has 1 unspecified atom stereocenters. The van der Waals surface area contributed by atoms with E-state index in [4.69, 9.17) is 5.11 Å². The maximum Gasteiger partial charge on any atom is 0.330 e. The van der Waals surface area contributed by atoms with Gasteiger partial charge in [0.05, 0.1) is 0 Å². The lowest BCUT2D eigenvalue weighted by molar-refractivity contribution is -0.132. The molecular weight excluding hydrogens is 320 g/mol. The molecule has 2 nitrogen and oxygen atoms in total. The molecule has 1 N–H and O–H groups in total. The van der Waals surface area contributed by atoms with Crippen LogP contribution >= 0.6 is 0 Å². The summed E-state index contributed by atoms with van der Waals surface area (Å²) in [4.78, 5) is 9.60. The van der Waals surface area contributed by atoms with Gasteiger partial charge in [0, 0.05) is 5.57 Å². The van der Waals surface area contributed by atoms with Gasteiger partial charge >= 0.3 is 5.97 Å². The van der Waals surface area contributed by atoms with Crippen LogP contribution in [-0.2, 0) is 4.79 Å². The molecule has 0 spiro atoms. The van der Waals surface area contributed by atoms with E-state index in [9.17, 15) is 4.79 Å². The van der Waals surface area contributed by atoms with Crippen LogP contribution in [0.5, 0.6) is 0 Å². The highest BCUT2D eigenvalue weighted by Crippen LogP contribution is 2.24. The smallest absolute Gasteiger partial charge is 0.330 e. The monoisotopic (exact) mass is 368 g/mol. The number of carbonyl (C=O) groups is 1. The predicted octanol–water partition coefficient (Wildman–Crippen LogP) is 8.41. The molecule has 0 aromatic rings. The second-order valence-corrected chi connectivity index (χ2v) is 8.20. The number of rotatable bonds is 16. The first-order chi connectivity index (χ1) is 12.4. The van der Waals surface area contributed by atoms with E-state index in [0.717, 1.165) is 11.8 Å². The molecule has 0 heterocycles. The Hall–Kier alpha value is -0.790. The zero-order valence-electron chi connectivity index (χ0n) is 18.6. The molecule has 0 aromatic heterocycles. The molecule has 0 aliphatic heterocycles. The summed E-state index contributed by atoms with van der Waals surface area (Å²) < 4.78 is 0. The maximum absolute atomic E-state index is 9.60. The van der Waals surface area contributed by atoms with Gasteiger partial charge in [-0.15, -0.1) is 0 Å². The molecule has 2 heteroatoms. The highest BCUT2D eigenvalue weighted by atomic mass is 16.4. The number of hydrogen-bond donors (Lipinski definition) is 1. The van der Waals surface area contributed by atoms with Gasteiger partial charge in [-0.1, -0.05) is 124 Å². The number of hydrogen-bond acceptors (Lipinski definition) is 1. The second-order valence-electron chi connectivity index (χ2n) is 8.20. The van der Waals surface area contributed by atoms with Crippen molar-refractivity contribution < 1.29 is 9.90 Å². The van der Waals surface area contributed by atoms with Crippen molar-refractivity contribution in [1.29, 1.82) is 0 Å². The van der Waals surface area contributed by atoms with Crippen LogP contribution in [0.1, 0.15) is 125 Å². The average molecular weight is 369 g/mol. The molecule has 26 heavy (non-hydrogen) atoms. The minimum atomic E-state index is -0.935. The Balaban J connectivity index is 0. The Morgan fingerprint density at radius 1 is 0.769 bits per heavy atom. The van der Waals surface area contributed by atoms with Gasteiger partial charge in [-0.3, -0.25) is 0 Å². The number of unbranched alkanes of at least 4 members (excludes halogenated alkanes) is 10. The first-order valence-corrected chi connectivity index (χ1v) is 11.3. The molecule has 0 aromatic carbocycles. The molecular formula is C24H48O2. The first kappa shape index (κ1) is 27.4. The van der Waals surface area contributed by atoms with Crippen molar-refractivity contribution in [3.05, 3.63) is 12.2 Å². The molecule has 1 atom stereocenters. The minimum absolute atomic E-state index is 0.176. The van der Waals surface area contributed by atoms with Crippen molar-refractivity contribution in [2.45, 2.75) is 125 Å². The van der Waals surface area contributed by atoms with E-state index in [1.165, 1.54) is 96.8 Å². The zero-order valence-corrected chi connectivity index (χ0v) is 18.6. The Labute approximate surface area is 164 Å². The van der Waals surface area contributed by atoms with Crippen LogP contribution < -0.4 is 0 Å². The van der Waals surface area contributed by atoms with E-state index in [-0.39, 0.29) is 5.57 Å². The summed E-state index contributed by atoms with van der Waals surface area (Å²) in [6.07, 6.45) is 20.3. The van der Waals surface area contributed by atoms with Gasteiger partial charge in [-0.2, -0.15) is 0 Å². The molecule has 156 valence electrons. The third-order valence-electron chi connectivity index (χ3n) is 5.16. The van der Waals surface area contributed by atoms with Crippen LogP contribution in [0.15, 0.2) is 12.2 Å². The van der Waals surface area contributed by atoms with Crippen molar-refractivity contribution in [2.75, 3.05) is 0 Å². The van der Waals surface area contributed by atoms with Crippen molar-refractivity contribution >= 4 is 5.97 Å². The van der Waals surface area contributed by atoms with Gasteiger partial charge in [0.25, 0.3) is 0 Å². The van der Waals surface area contributed by atoms with E-state index < -0.39 is 5.97 Å². The summed E-state index contributed by atoms with van der Waals surface area (Å²) in [5, 5.41) is 7.89. The lowest BCUT2D eigenvalue weighted by Crippen LogP contribution is -2.08. The fourth-order valence-corrected chi connectivity index (χ4v) is 3.17. The summed E-state index contributed by atoms with van der Waals surface area (Å²) in [5.41, 5.74) is 0.176. The van der Waals surface area contributed by atoms with E-state index in [1.807, 2.05) is 0 Å².